The Kier molecular flexibility index (Phi) is 4.54. The van der Waals surface area contributed by atoms with E-state index in [9.17, 15) is 13.8 Å². The van der Waals surface area contributed by atoms with Gasteiger partial charge in [-0.25, -0.2) is 9.59 Å². The maximum atomic E-state index is 12.1. The van der Waals surface area contributed by atoms with Gasteiger partial charge < -0.3 is 9.52 Å². The van der Waals surface area contributed by atoms with Crippen LogP contribution in [-0.4, -0.2) is 31.3 Å². The number of carboxylic acids is 1. The first kappa shape index (κ1) is 17.1. The molecular weight excluding hydrogens is 344 g/mol. The van der Waals surface area contributed by atoms with Crippen LogP contribution in [0.3, 0.4) is 0 Å². The average Bonchev–Trinajstić information content (AvgIpc) is 2.96. The van der Waals surface area contributed by atoms with Gasteiger partial charge in [0, 0.05) is 22.0 Å². The lowest BCUT2D eigenvalue weighted by Gasteiger charge is -2.18. The second kappa shape index (κ2) is 6.64. The van der Waals surface area contributed by atoms with Crippen LogP contribution in [0.25, 0.3) is 5.69 Å². The Morgan fingerprint density at radius 3 is 2.60 bits per heavy atom. The number of carboxylic acid groups (broad SMARTS) is 1. The van der Waals surface area contributed by atoms with Crippen molar-refractivity contribution in [1.82, 2.24) is 9.78 Å². The molecule has 0 saturated carbocycles. The summed E-state index contributed by atoms with van der Waals surface area (Å²) < 4.78 is 17.8. The zero-order valence-electron chi connectivity index (χ0n) is 13.6. The van der Waals surface area contributed by atoms with Gasteiger partial charge in [-0.05, 0) is 30.2 Å². The smallest absolute Gasteiger partial charge is 0.441 e. The fourth-order valence-corrected chi connectivity index (χ4v) is 3.10. The Morgan fingerprint density at radius 2 is 2.00 bits per heavy atom. The second-order valence-electron chi connectivity index (χ2n) is 5.74. The lowest BCUT2D eigenvalue weighted by molar-refractivity contribution is -0.132. The molecule has 1 heterocycles. The van der Waals surface area contributed by atoms with Crippen molar-refractivity contribution in [3.63, 3.8) is 0 Å². The SMILES string of the molecule is CC1C=CC(C(=O)O)=CC1c1nn(-c2ccc(S(C)=O)cc2)c(=O)o1. The van der Waals surface area contributed by atoms with Gasteiger partial charge in [0.2, 0.25) is 5.89 Å². The Balaban J connectivity index is 1.97. The van der Waals surface area contributed by atoms with Gasteiger partial charge in [0.25, 0.3) is 0 Å². The molecule has 0 radical (unpaired) electrons. The van der Waals surface area contributed by atoms with Gasteiger partial charge in [-0.1, -0.05) is 25.2 Å². The standard InChI is InChI=1S/C17H16N2O5S/c1-10-3-4-11(16(20)21)9-14(10)15-18-19(17(22)24-15)12-5-7-13(8-6-12)25(2)23/h3-10,14H,1-2H3,(H,20,21). The van der Waals surface area contributed by atoms with Crippen LogP contribution in [-0.2, 0) is 15.6 Å². The highest BCUT2D eigenvalue weighted by atomic mass is 32.2. The molecule has 2 aromatic rings. The highest BCUT2D eigenvalue weighted by molar-refractivity contribution is 7.84. The molecule has 3 unspecified atom stereocenters. The van der Waals surface area contributed by atoms with Crippen molar-refractivity contribution >= 4 is 16.8 Å². The first-order valence-corrected chi connectivity index (χ1v) is 9.10. The van der Waals surface area contributed by atoms with Crippen molar-refractivity contribution in [2.75, 3.05) is 6.26 Å². The van der Waals surface area contributed by atoms with Crippen molar-refractivity contribution in [2.45, 2.75) is 17.7 Å². The molecule has 7 nitrogen and oxygen atoms in total. The summed E-state index contributed by atoms with van der Waals surface area (Å²) in [6, 6.07) is 6.57. The van der Waals surface area contributed by atoms with E-state index in [1.807, 2.05) is 6.92 Å². The van der Waals surface area contributed by atoms with Gasteiger partial charge in [-0.3, -0.25) is 4.21 Å². The number of rotatable bonds is 4. The number of allylic oxidation sites excluding steroid dienone is 2. The summed E-state index contributed by atoms with van der Waals surface area (Å²) in [5.74, 6) is -2.04. The van der Waals surface area contributed by atoms with Crippen LogP contribution in [0.4, 0.5) is 0 Å². The molecule has 1 aliphatic rings. The van der Waals surface area contributed by atoms with Crippen LogP contribution in [0, 0.1) is 5.92 Å². The molecule has 0 aliphatic heterocycles. The van der Waals surface area contributed by atoms with Crippen molar-refractivity contribution in [3.05, 3.63) is 64.5 Å². The van der Waals surface area contributed by atoms with Gasteiger partial charge in [0.15, 0.2) is 0 Å². The van der Waals surface area contributed by atoms with Crippen molar-refractivity contribution in [1.29, 1.82) is 0 Å². The molecule has 0 amide bonds. The first-order chi connectivity index (χ1) is 11.9. The molecule has 1 N–H and O–H groups in total. The molecule has 1 aromatic carbocycles. The summed E-state index contributed by atoms with van der Waals surface area (Å²) >= 11 is 0. The van der Waals surface area contributed by atoms with E-state index in [1.165, 1.54) is 12.2 Å². The molecule has 8 heteroatoms. The lowest BCUT2D eigenvalue weighted by atomic mass is 9.87. The van der Waals surface area contributed by atoms with Gasteiger partial charge >= 0.3 is 11.7 Å². The van der Waals surface area contributed by atoms with E-state index in [1.54, 1.807) is 36.6 Å². The zero-order chi connectivity index (χ0) is 18.1. The van der Waals surface area contributed by atoms with E-state index >= 15 is 0 Å². The molecule has 0 saturated heterocycles. The number of nitrogens with zero attached hydrogens (tertiary/aromatic N) is 2. The molecule has 0 fully saturated rings. The minimum Gasteiger partial charge on any atom is -0.478 e. The number of hydrogen-bond acceptors (Lipinski definition) is 5. The highest BCUT2D eigenvalue weighted by Crippen LogP contribution is 2.30. The van der Waals surface area contributed by atoms with Crippen LogP contribution in [0.5, 0.6) is 0 Å². The normalized spacial score (nSPS) is 21.0. The summed E-state index contributed by atoms with van der Waals surface area (Å²) in [4.78, 5) is 23.9. The highest BCUT2D eigenvalue weighted by Gasteiger charge is 2.27. The van der Waals surface area contributed by atoms with E-state index in [0.717, 1.165) is 4.68 Å². The fourth-order valence-electron chi connectivity index (χ4n) is 2.58. The second-order valence-corrected chi connectivity index (χ2v) is 7.12. The Hall–Kier alpha value is -2.74. The molecule has 25 heavy (non-hydrogen) atoms. The molecule has 0 bridgehead atoms. The van der Waals surface area contributed by atoms with Crippen molar-refractivity contribution in [2.24, 2.45) is 5.92 Å². The molecule has 1 aromatic heterocycles. The van der Waals surface area contributed by atoms with Gasteiger partial charge in [0.05, 0.1) is 17.2 Å². The van der Waals surface area contributed by atoms with Gasteiger partial charge in [0.1, 0.15) is 0 Å². The van der Waals surface area contributed by atoms with Crippen molar-refractivity contribution in [3.8, 4) is 5.69 Å². The van der Waals surface area contributed by atoms with Crippen LogP contribution >= 0.6 is 0 Å². The van der Waals surface area contributed by atoms with Gasteiger partial charge in [-0.15, -0.1) is 5.10 Å². The minimum atomic E-state index is -1.11. The summed E-state index contributed by atoms with van der Waals surface area (Å²) in [7, 11) is -1.11. The molecule has 130 valence electrons. The lowest BCUT2D eigenvalue weighted by Crippen LogP contribution is -2.14. The van der Waals surface area contributed by atoms with Crippen molar-refractivity contribution < 1.29 is 18.5 Å². The third kappa shape index (κ3) is 3.39. The van der Waals surface area contributed by atoms with Crippen LogP contribution in [0.1, 0.15) is 18.7 Å². The van der Waals surface area contributed by atoms with Crippen LogP contribution in [0.2, 0.25) is 0 Å². The molecule has 3 atom stereocenters. The Morgan fingerprint density at radius 1 is 1.32 bits per heavy atom. The number of aromatic nitrogens is 2. The quantitative estimate of drug-likeness (QED) is 0.893. The average molecular weight is 360 g/mol. The van der Waals surface area contributed by atoms with Crippen LogP contribution < -0.4 is 5.76 Å². The predicted octanol–water partition coefficient (Wildman–Crippen LogP) is 1.86. The topological polar surface area (TPSA) is 102 Å². The van der Waals surface area contributed by atoms with Crippen LogP contribution in [0.15, 0.2) is 62.2 Å². The van der Waals surface area contributed by atoms with E-state index in [-0.39, 0.29) is 17.4 Å². The Labute approximate surface area is 145 Å². The third-order valence-corrected chi connectivity index (χ3v) is 4.95. The largest absolute Gasteiger partial charge is 0.478 e. The number of carbonyl (C=O) groups is 1. The third-order valence-electron chi connectivity index (χ3n) is 4.01. The number of hydrogen-bond donors (Lipinski definition) is 1. The van der Waals surface area contributed by atoms with E-state index in [0.29, 0.717) is 10.6 Å². The summed E-state index contributed by atoms with van der Waals surface area (Å²) in [5, 5.41) is 13.3. The maximum Gasteiger partial charge on any atom is 0.441 e. The summed E-state index contributed by atoms with van der Waals surface area (Å²) in [6.45, 7) is 1.89. The molecule has 1 aliphatic carbocycles. The van der Waals surface area contributed by atoms with E-state index < -0.39 is 28.4 Å². The first-order valence-electron chi connectivity index (χ1n) is 7.54. The molecule has 0 spiro atoms. The van der Waals surface area contributed by atoms with Gasteiger partial charge in [-0.2, -0.15) is 4.68 Å². The monoisotopic (exact) mass is 360 g/mol. The van der Waals surface area contributed by atoms with E-state index in [4.69, 9.17) is 9.52 Å². The minimum absolute atomic E-state index is 0.0560. The Bertz CT molecular complexity index is 952. The van der Waals surface area contributed by atoms with E-state index in [2.05, 4.69) is 5.10 Å². The molecule has 3 rings (SSSR count). The zero-order valence-corrected chi connectivity index (χ0v) is 14.4. The summed E-state index contributed by atoms with van der Waals surface area (Å²) in [5.41, 5.74) is 0.616. The number of aliphatic carboxylic acids is 1. The molecular formula is C17H16N2O5S. The summed E-state index contributed by atoms with van der Waals surface area (Å²) in [6.07, 6.45) is 6.38. The predicted molar refractivity (Wildman–Crippen MR) is 91.2 cm³/mol. The maximum absolute atomic E-state index is 12.1. The fraction of sp³-hybridized carbons (Fsp3) is 0.235. The number of benzene rings is 1.